The molecule has 114 valence electrons. The normalized spacial score (nSPS) is 16.3. The van der Waals surface area contributed by atoms with E-state index in [-0.39, 0.29) is 31.5 Å². The number of nitrogens with one attached hydrogen (secondary N) is 2. The van der Waals surface area contributed by atoms with Crippen molar-refractivity contribution in [3.05, 3.63) is 29.8 Å². The number of piperazine rings is 1. The molecule has 4 N–H and O–H groups in total. The van der Waals surface area contributed by atoms with Crippen LogP contribution in [0, 0.1) is 0 Å². The third kappa shape index (κ3) is 3.93. The molecule has 0 aromatic heterocycles. The lowest BCUT2D eigenvalue weighted by atomic mass is 10.1. The topological polar surface area (TPSA) is 102 Å². The number of aliphatic hydroxyl groups excluding tert-OH is 2. The number of hydrogen-bond acceptors (Lipinski definition) is 5. The molecule has 1 aromatic rings. The van der Waals surface area contributed by atoms with Gasteiger partial charge in [-0.05, 0) is 12.1 Å². The lowest BCUT2D eigenvalue weighted by Crippen LogP contribution is -2.50. The predicted octanol–water partition coefficient (Wildman–Crippen LogP) is -0.976. The fraction of sp³-hybridized carbons (Fsp3) is 0.429. The number of para-hydroxylation sites is 1. The molecule has 2 amide bonds. The summed E-state index contributed by atoms with van der Waals surface area (Å²) in [5.74, 6) is -0.401. The summed E-state index contributed by atoms with van der Waals surface area (Å²) in [5.41, 5.74) is 1.01. The first kappa shape index (κ1) is 15.3. The minimum Gasteiger partial charge on any atom is -0.394 e. The molecule has 0 radical (unpaired) electrons. The zero-order valence-corrected chi connectivity index (χ0v) is 11.6. The van der Waals surface area contributed by atoms with E-state index in [2.05, 4.69) is 10.6 Å². The van der Waals surface area contributed by atoms with E-state index in [1.54, 1.807) is 24.3 Å². The quantitative estimate of drug-likeness (QED) is 0.559. The van der Waals surface area contributed by atoms with E-state index in [4.69, 9.17) is 5.11 Å². The van der Waals surface area contributed by atoms with Crippen LogP contribution in [0.15, 0.2) is 24.3 Å². The standard InChI is InChI=1S/C14H19N3O4/c18-9-10(19)7-16-12-4-2-1-3-11(12)14(21)17-6-5-15-13(20)8-17/h1-4,10,16,18-19H,5-9H2,(H,15,20). The highest BCUT2D eigenvalue weighted by atomic mass is 16.3. The van der Waals surface area contributed by atoms with E-state index in [0.717, 1.165) is 0 Å². The molecule has 7 heteroatoms. The first-order valence-electron chi connectivity index (χ1n) is 6.79. The molecular weight excluding hydrogens is 274 g/mol. The zero-order chi connectivity index (χ0) is 15.2. The van der Waals surface area contributed by atoms with Gasteiger partial charge in [-0.3, -0.25) is 9.59 Å². The molecule has 1 saturated heterocycles. The van der Waals surface area contributed by atoms with E-state index in [1.807, 2.05) is 0 Å². The molecule has 2 rings (SSSR count). The molecule has 21 heavy (non-hydrogen) atoms. The summed E-state index contributed by atoms with van der Waals surface area (Å²) in [6, 6.07) is 6.90. The Kier molecular flexibility index (Phi) is 5.13. The van der Waals surface area contributed by atoms with Gasteiger partial charge in [-0.1, -0.05) is 12.1 Å². The Balaban J connectivity index is 2.11. The van der Waals surface area contributed by atoms with Crippen molar-refractivity contribution < 1.29 is 19.8 Å². The summed E-state index contributed by atoms with van der Waals surface area (Å²) >= 11 is 0. The third-order valence-corrected chi connectivity index (χ3v) is 3.22. The average Bonchev–Trinajstić information content (AvgIpc) is 2.52. The number of anilines is 1. The summed E-state index contributed by atoms with van der Waals surface area (Å²) in [4.78, 5) is 25.3. The predicted molar refractivity (Wildman–Crippen MR) is 76.9 cm³/mol. The van der Waals surface area contributed by atoms with E-state index in [0.29, 0.717) is 24.3 Å². The molecule has 1 fully saturated rings. The van der Waals surface area contributed by atoms with Crippen LogP contribution >= 0.6 is 0 Å². The van der Waals surface area contributed by atoms with Crippen LogP contribution in [0.25, 0.3) is 0 Å². The van der Waals surface area contributed by atoms with Crippen LogP contribution in [-0.4, -0.2) is 65.8 Å². The van der Waals surface area contributed by atoms with Crippen LogP contribution in [0.2, 0.25) is 0 Å². The minimum atomic E-state index is -0.895. The Morgan fingerprint density at radius 3 is 2.90 bits per heavy atom. The molecule has 0 bridgehead atoms. The maximum atomic E-state index is 12.5. The van der Waals surface area contributed by atoms with Gasteiger partial charge in [0.25, 0.3) is 5.91 Å². The Bertz CT molecular complexity index is 521. The maximum Gasteiger partial charge on any atom is 0.256 e. The maximum absolute atomic E-state index is 12.5. The second-order valence-electron chi connectivity index (χ2n) is 4.84. The van der Waals surface area contributed by atoms with Crippen molar-refractivity contribution >= 4 is 17.5 Å². The molecule has 1 unspecified atom stereocenters. The van der Waals surface area contributed by atoms with Crippen LogP contribution in [0.3, 0.4) is 0 Å². The van der Waals surface area contributed by atoms with Crippen LogP contribution in [0.1, 0.15) is 10.4 Å². The van der Waals surface area contributed by atoms with E-state index >= 15 is 0 Å². The SMILES string of the molecule is O=C1CN(C(=O)c2ccccc2NCC(O)CO)CCN1. The lowest BCUT2D eigenvalue weighted by Gasteiger charge is -2.27. The highest BCUT2D eigenvalue weighted by Crippen LogP contribution is 2.17. The second-order valence-corrected chi connectivity index (χ2v) is 4.84. The summed E-state index contributed by atoms with van der Waals surface area (Å²) < 4.78 is 0. The molecular formula is C14H19N3O4. The average molecular weight is 293 g/mol. The first-order chi connectivity index (χ1) is 10.1. The number of carbonyl (C=O) groups is 2. The number of rotatable bonds is 5. The van der Waals surface area contributed by atoms with Gasteiger partial charge in [0.05, 0.1) is 24.8 Å². The van der Waals surface area contributed by atoms with E-state index in [9.17, 15) is 14.7 Å². The van der Waals surface area contributed by atoms with Gasteiger partial charge in [0.1, 0.15) is 0 Å². The Labute approximate surface area is 122 Å². The van der Waals surface area contributed by atoms with Crippen molar-refractivity contribution in [2.45, 2.75) is 6.10 Å². The van der Waals surface area contributed by atoms with Crippen LogP contribution < -0.4 is 10.6 Å². The summed E-state index contributed by atoms with van der Waals surface area (Å²) in [7, 11) is 0. The first-order valence-corrected chi connectivity index (χ1v) is 6.79. The molecule has 1 heterocycles. The number of benzene rings is 1. The molecule has 0 spiro atoms. The second kappa shape index (κ2) is 7.05. The highest BCUT2D eigenvalue weighted by Gasteiger charge is 2.23. The molecule has 1 aromatic carbocycles. The summed E-state index contributed by atoms with van der Waals surface area (Å²) in [6.07, 6.45) is -0.895. The molecule has 1 aliphatic heterocycles. The number of nitrogens with zero attached hydrogens (tertiary/aromatic N) is 1. The lowest BCUT2D eigenvalue weighted by molar-refractivity contribution is -0.123. The molecule has 7 nitrogen and oxygen atoms in total. The van der Waals surface area contributed by atoms with Crippen LogP contribution in [0.5, 0.6) is 0 Å². The summed E-state index contributed by atoms with van der Waals surface area (Å²) in [5, 5.41) is 23.8. The number of carbonyl (C=O) groups excluding carboxylic acids is 2. The van der Waals surface area contributed by atoms with Gasteiger partial charge in [-0.2, -0.15) is 0 Å². The fourth-order valence-corrected chi connectivity index (χ4v) is 2.10. The van der Waals surface area contributed by atoms with Gasteiger partial charge in [-0.15, -0.1) is 0 Å². The molecule has 1 aliphatic rings. The van der Waals surface area contributed by atoms with Crippen molar-refractivity contribution in [1.29, 1.82) is 0 Å². The number of amides is 2. The van der Waals surface area contributed by atoms with Gasteiger partial charge in [0.15, 0.2) is 0 Å². The van der Waals surface area contributed by atoms with Crippen molar-refractivity contribution in [2.24, 2.45) is 0 Å². The van der Waals surface area contributed by atoms with Gasteiger partial charge in [-0.25, -0.2) is 0 Å². The van der Waals surface area contributed by atoms with Crippen molar-refractivity contribution in [2.75, 3.05) is 38.1 Å². The smallest absolute Gasteiger partial charge is 0.256 e. The number of aliphatic hydroxyl groups is 2. The summed E-state index contributed by atoms with van der Waals surface area (Å²) in [6.45, 7) is 0.755. The van der Waals surface area contributed by atoms with Crippen molar-refractivity contribution in [3.63, 3.8) is 0 Å². The molecule has 0 aliphatic carbocycles. The van der Waals surface area contributed by atoms with Gasteiger partial charge in [0.2, 0.25) is 5.91 Å². The van der Waals surface area contributed by atoms with Gasteiger partial charge >= 0.3 is 0 Å². The minimum absolute atomic E-state index is 0.0480. The Morgan fingerprint density at radius 1 is 1.43 bits per heavy atom. The van der Waals surface area contributed by atoms with E-state index < -0.39 is 6.10 Å². The third-order valence-electron chi connectivity index (χ3n) is 3.22. The van der Waals surface area contributed by atoms with Gasteiger partial charge in [0, 0.05) is 25.3 Å². The number of hydrogen-bond donors (Lipinski definition) is 4. The van der Waals surface area contributed by atoms with Gasteiger partial charge < -0.3 is 25.7 Å². The van der Waals surface area contributed by atoms with Crippen molar-refractivity contribution in [1.82, 2.24) is 10.2 Å². The fourth-order valence-electron chi connectivity index (χ4n) is 2.10. The van der Waals surface area contributed by atoms with Crippen LogP contribution in [0.4, 0.5) is 5.69 Å². The highest BCUT2D eigenvalue weighted by molar-refractivity contribution is 6.01. The molecule has 1 atom stereocenters. The largest absolute Gasteiger partial charge is 0.394 e. The monoisotopic (exact) mass is 293 g/mol. The zero-order valence-electron chi connectivity index (χ0n) is 11.6. The Hall–Kier alpha value is -2.12. The van der Waals surface area contributed by atoms with Crippen molar-refractivity contribution in [3.8, 4) is 0 Å². The van der Waals surface area contributed by atoms with Crippen LogP contribution in [-0.2, 0) is 4.79 Å². The Morgan fingerprint density at radius 2 is 2.19 bits per heavy atom. The molecule has 0 saturated carbocycles. The van der Waals surface area contributed by atoms with E-state index in [1.165, 1.54) is 4.90 Å².